The first-order valence-electron chi connectivity index (χ1n) is 8.82. The van der Waals surface area contributed by atoms with Gasteiger partial charge in [0.25, 0.3) is 5.91 Å². The Labute approximate surface area is 171 Å². The van der Waals surface area contributed by atoms with Crippen LogP contribution in [-0.4, -0.2) is 46.9 Å². The lowest BCUT2D eigenvalue weighted by Crippen LogP contribution is -2.35. The Kier molecular flexibility index (Phi) is 7.22. The van der Waals surface area contributed by atoms with Crippen LogP contribution in [0, 0.1) is 13.8 Å². The van der Waals surface area contributed by atoms with E-state index in [1.54, 1.807) is 19.9 Å². The van der Waals surface area contributed by atoms with Gasteiger partial charge in [-0.2, -0.15) is 0 Å². The van der Waals surface area contributed by atoms with Crippen molar-refractivity contribution in [2.75, 3.05) is 27.7 Å². The molecular formula is C20H26ClN3O3S. The van der Waals surface area contributed by atoms with Gasteiger partial charge in [0.1, 0.15) is 0 Å². The van der Waals surface area contributed by atoms with Gasteiger partial charge in [-0.3, -0.25) is 4.79 Å². The number of hydrogen-bond acceptors (Lipinski definition) is 4. The second-order valence-electron chi connectivity index (χ2n) is 6.83. The highest BCUT2D eigenvalue weighted by molar-refractivity contribution is 7.89. The quantitative estimate of drug-likeness (QED) is 0.717. The van der Waals surface area contributed by atoms with Gasteiger partial charge in [-0.1, -0.05) is 29.8 Å². The lowest BCUT2D eigenvalue weighted by Gasteiger charge is -2.26. The molecule has 2 aromatic carbocycles. The molecular weight excluding hydrogens is 398 g/mol. The number of carbonyl (C=O) groups excluding carboxylic acids is 1. The monoisotopic (exact) mass is 423 g/mol. The number of rotatable bonds is 7. The van der Waals surface area contributed by atoms with Gasteiger partial charge in [-0.25, -0.2) is 13.1 Å². The van der Waals surface area contributed by atoms with E-state index in [4.69, 9.17) is 11.6 Å². The van der Waals surface area contributed by atoms with E-state index in [0.29, 0.717) is 22.7 Å². The van der Waals surface area contributed by atoms with Crippen molar-refractivity contribution < 1.29 is 13.2 Å². The SMILES string of the molecule is CNS(=O)(=O)c1cc(C(=O)NCC(c2ccccc2Cl)N(C)C)cc(C)c1C. The summed E-state index contributed by atoms with van der Waals surface area (Å²) in [6.45, 7) is 3.84. The molecule has 0 aliphatic rings. The van der Waals surface area contributed by atoms with E-state index in [1.165, 1.54) is 13.1 Å². The summed E-state index contributed by atoms with van der Waals surface area (Å²) in [5.74, 6) is -0.338. The van der Waals surface area contributed by atoms with Crippen LogP contribution >= 0.6 is 11.6 Å². The molecule has 0 spiro atoms. The van der Waals surface area contributed by atoms with Crippen LogP contribution in [0.3, 0.4) is 0 Å². The maximum absolute atomic E-state index is 12.7. The lowest BCUT2D eigenvalue weighted by molar-refractivity contribution is 0.0941. The summed E-state index contributed by atoms with van der Waals surface area (Å²) >= 11 is 6.31. The molecule has 1 amide bonds. The summed E-state index contributed by atoms with van der Waals surface area (Å²) in [6, 6.07) is 10.5. The number of sulfonamides is 1. The fourth-order valence-electron chi connectivity index (χ4n) is 2.95. The van der Waals surface area contributed by atoms with Crippen LogP contribution in [0.15, 0.2) is 41.3 Å². The molecule has 28 heavy (non-hydrogen) atoms. The van der Waals surface area contributed by atoms with Gasteiger partial charge < -0.3 is 10.2 Å². The largest absolute Gasteiger partial charge is 0.350 e. The molecule has 2 N–H and O–H groups in total. The first-order chi connectivity index (χ1) is 13.1. The highest BCUT2D eigenvalue weighted by Gasteiger charge is 2.21. The summed E-state index contributed by atoms with van der Waals surface area (Å²) in [5, 5.41) is 3.52. The summed E-state index contributed by atoms with van der Waals surface area (Å²) in [7, 11) is 1.51. The molecule has 0 aliphatic carbocycles. The van der Waals surface area contributed by atoms with Crippen molar-refractivity contribution in [2.45, 2.75) is 24.8 Å². The second-order valence-corrected chi connectivity index (χ2v) is 9.10. The molecule has 8 heteroatoms. The van der Waals surface area contributed by atoms with Crippen LogP contribution in [0.25, 0.3) is 0 Å². The van der Waals surface area contributed by atoms with Gasteiger partial charge in [0, 0.05) is 17.1 Å². The minimum Gasteiger partial charge on any atom is -0.350 e. The number of halogens is 1. The maximum Gasteiger partial charge on any atom is 0.251 e. The molecule has 2 aromatic rings. The summed E-state index contributed by atoms with van der Waals surface area (Å²) in [6.07, 6.45) is 0. The van der Waals surface area contributed by atoms with E-state index in [9.17, 15) is 13.2 Å². The van der Waals surface area contributed by atoms with E-state index >= 15 is 0 Å². The summed E-state index contributed by atoms with van der Waals surface area (Å²) in [5.41, 5.74) is 2.56. The third kappa shape index (κ3) is 4.91. The van der Waals surface area contributed by atoms with Gasteiger partial charge in [-0.15, -0.1) is 0 Å². The zero-order valence-electron chi connectivity index (χ0n) is 16.7. The zero-order chi connectivity index (χ0) is 21.1. The average Bonchev–Trinajstić information content (AvgIpc) is 2.64. The van der Waals surface area contributed by atoms with E-state index < -0.39 is 10.0 Å². The number of benzene rings is 2. The molecule has 1 atom stereocenters. The van der Waals surface area contributed by atoms with Crippen molar-refractivity contribution in [3.8, 4) is 0 Å². The smallest absolute Gasteiger partial charge is 0.251 e. The predicted molar refractivity (Wildman–Crippen MR) is 112 cm³/mol. The first-order valence-corrected chi connectivity index (χ1v) is 10.7. The Morgan fingerprint density at radius 3 is 2.39 bits per heavy atom. The highest BCUT2D eigenvalue weighted by Crippen LogP contribution is 2.26. The van der Waals surface area contributed by atoms with Crippen molar-refractivity contribution in [1.82, 2.24) is 14.9 Å². The minimum absolute atomic E-state index is 0.107. The number of amides is 1. The maximum atomic E-state index is 12.7. The minimum atomic E-state index is -3.66. The van der Waals surface area contributed by atoms with Gasteiger partial charge in [0.05, 0.1) is 10.9 Å². The molecule has 6 nitrogen and oxygen atoms in total. The summed E-state index contributed by atoms with van der Waals surface area (Å²) in [4.78, 5) is 14.8. The number of aryl methyl sites for hydroxylation is 1. The first kappa shape index (κ1) is 22.4. The number of carbonyl (C=O) groups is 1. The molecule has 0 heterocycles. The Balaban J connectivity index is 2.28. The van der Waals surface area contributed by atoms with Gasteiger partial charge in [0.15, 0.2) is 0 Å². The molecule has 0 saturated heterocycles. The normalized spacial score (nSPS) is 12.8. The molecule has 2 rings (SSSR count). The third-order valence-electron chi connectivity index (χ3n) is 4.78. The van der Waals surface area contributed by atoms with Crippen LogP contribution in [0.5, 0.6) is 0 Å². The van der Waals surface area contributed by atoms with Crippen LogP contribution < -0.4 is 10.0 Å². The molecule has 0 saturated carbocycles. The molecule has 1 unspecified atom stereocenters. The Morgan fingerprint density at radius 2 is 1.82 bits per heavy atom. The van der Waals surface area contributed by atoms with Crippen molar-refractivity contribution in [3.63, 3.8) is 0 Å². The lowest BCUT2D eigenvalue weighted by atomic mass is 10.0. The van der Waals surface area contributed by atoms with Crippen molar-refractivity contribution in [3.05, 3.63) is 63.7 Å². The average molecular weight is 424 g/mol. The number of nitrogens with zero attached hydrogens (tertiary/aromatic N) is 1. The van der Waals surface area contributed by atoms with Crippen molar-refractivity contribution in [1.29, 1.82) is 0 Å². The summed E-state index contributed by atoms with van der Waals surface area (Å²) < 4.78 is 26.8. The van der Waals surface area contributed by atoms with Gasteiger partial charge in [-0.05, 0) is 69.9 Å². The van der Waals surface area contributed by atoms with Crippen LogP contribution in [0.4, 0.5) is 0 Å². The van der Waals surface area contributed by atoms with Gasteiger partial charge in [0.2, 0.25) is 10.0 Å². The van der Waals surface area contributed by atoms with Gasteiger partial charge >= 0.3 is 0 Å². The van der Waals surface area contributed by atoms with Crippen LogP contribution in [-0.2, 0) is 10.0 Å². The Bertz CT molecular complexity index is 975. The Morgan fingerprint density at radius 1 is 1.18 bits per heavy atom. The van der Waals surface area contributed by atoms with E-state index in [2.05, 4.69) is 10.0 Å². The Hall–Kier alpha value is -1.93. The topological polar surface area (TPSA) is 78.5 Å². The number of hydrogen-bond donors (Lipinski definition) is 2. The molecule has 0 aliphatic heterocycles. The molecule has 0 aromatic heterocycles. The highest BCUT2D eigenvalue weighted by atomic mass is 35.5. The van der Waals surface area contributed by atoms with Crippen molar-refractivity contribution in [2.24, 2.45) is 0 Å². The molecule has 0 bridgehead atoms. The zero-order valence-corrected chi connectivity index (χ0v) is 18.3. The third-order valence-corrected chi connectivity index (χ3v) is 6.67. The fourth-order valence-corrected chi connectivity index (χ4v) is 4.28. The standard InChI is InChI=1S/C20H26ClN3O3S/c1-13-10-15(11-19(14(13)2)28(26,27)22-3)20(25)23-12-18(24(4)5)16-8-6-7-9-17(16)21/h6-11,18,22H,12H2,1-5H3,(H,23,25). The predicted octanol–water partition coefficient (Wildman–Crippen LogP) is 2.90. The molecule has 0 radical (unpaired) electrons. The second kappa shape index (κ2) is 9.05. The van der Waals surface area contributed by atoms with E-state index in [1.807, 2.05) is 43.3 Å². The van der Waals surface area contributed by atoms with Crippen LogP contribution in [0.1, 0.15) is 33.1 Å². The number of likely N-dealkylation sites (N-methyl/N-ethyl adjacent to an activating group) is 1. The molecule has 152 valence electrons. The van der Waals surface area contributed by atoms with Crippen LogP contribution in [0.2, 0.25) is 5.02 Å². The van der Waals surface area contributed by atoms with E-state index in [0.717, 1.165) is 11.1 Å². The molecule has 0 fully saturated rings. The number of nitrogens with one attached hydrogen (secondary N) is 2. The van der Waals surface area contributed by atoms with E-state index in [-0.39, 0.29) is 16.8 Å². The van der Waals surface area contributed by atoms with Crippen molar-refractivity contribution >= 4 is 27.5 Å². The fraction of sp³-hybridized carbons (Fsp3) is 0.350.